The molecule has 0 atom stereocenters. The van der Waals surface area contributed by atoms with E-state index < -0.39 is 0 Å². The van der Waals surface area contributed by atoms with Gasteiger partial charge in [0.25, 0.3) is 5.91 Å². The van der Waals surface area contributed by atoms with Crippen molar-refractivity contribution in [2.45, 2.75) is 13.5 Å². The molecule has 0 saturated heterocycles. The zero-order valence-electron chi connectivity index (χ0n) is 10.8. The Hall–Kier alpha value is -2.34. The number of carbonyl (C=O) groups is 1. The van der Waals surface area contributed by atoms with Crippen molar-refractivity contribution < 1.29 is 9.32 Å². The highest BCUT2D eigenvalue weighted by Crippen LogP contribution is 2.33. The zero-order valence-corrected chi connectivity index (χ0v) is 11.7. The SMILES string of the molecule is Cc1cc(CNC(=O)c2sc3ccccc3c2N)on1. The summed E-state index contributed by atoms with van der Waals surface area (Å²) in [6.45, 7) is 2.13. The molecule has 2 aromatic heterocycles. The van der Waals surface area contributed by atoms with Crippen LogP contribution in [0.4, 0.5) is 5.69 Å². The number of aromatic nitrogens is 1. The van der Waals surface area contributed by atoms with E-state index in [9.17, 15) is 4.79 Å². The van der Waals surface area contributed by atoms with Crippen LogP contribution < -0.4 is 11.1 Å². The van der Waals surface area contributed by atoms with Crippen molar-refractivity contribution in [3.8, 4) is 0 Å². The minimum atomic E-state index is -0.197. The van der Waals surface area contributed by atoms with Gasteiger partial charge in [-0.1, -0.05) is 23.4 Å². The van der Waals surface area contributed by atoms with Crippen LogP contribution >= 0.6 is 11.3 Å². The van der Waals surface area contributed by atoms with Gasteiger partial charge in [0.1, 0.15) is 4.88 Å². The Morgan fingerprint density at radius 3 is 2.95 bits per heavy atom. The molecule has 5 nitrogen and oxygen atoms in total. The summed E-state index contributed by atoms with van der Waals surface area (Å²) in [5.74, 6) is 0.424. The predicted octanol–water partition coefficient (Wildman–Crippen LogP) is 2.71. The predicted molar refractivity (Wildman–Crippen MR) is 78.6 cm³/mol. The molecule has 3 rings (SSSR count). The van der Waals surface area contributed by atoms with Crippen molar-refractivity contribution in [1.29, 1.82) is 0 Å². The first kappa shape index (κ1) is 12.7. The van der Waals surface area contributed by atoms with Crippen LogP contribution in [0.1, 0.15) is 21.1 Å². The maximum Gasteiger partial charge on any atom is 0.263 e. The number of hydrogen-bond acceptors (Lipinski definition) is 5. The minimum Gasteiger partial charge on any atom is -0.397 e. The third kappa shape index (κ3) is 2.25. The molecule has 0 bridgehead atoms. The molecule has 1 amide bonds. The number of aryl methyl sites for hydroxylation is 1. The van der Waals surface area contributed by atoms with Gasteiger partial charge in [0.2, 0.25) is 0 Å². The van der Waals surface area contributed by atoms with Crippen LogP contribution in [0.3, 0.4) is 0 Å². The standard InChI is InChI=1S/C14H13N3O2S/c1-8-6-9(19-17-8)7-16-14(18)13-12(15)10-4-2-3-5-11(10)20-13/h2-6H,7,15H2,1H3,(H,16,18). The normalized spacial score (nSPS) is 10.8. The molecule has 1 aromatic carbocycles. The Kier molecular flexibility index (Phi) is 3.15. The molecule has 0 fully saturated rings. The summed E-state index contributed by atoms with van der Waals surface area (Å²) < 4.78 is 6.05. The highest BCUT2D eigenvalue weighted by molar-refractivity contribution is 7.21. The summed E-state index contributed by atoms with van der Waals surface area (Å²) >= 11 is 1.39. The van der Waals surface area contributed by atoms with Gasteiger partial charge in [0.15, 0.2) is 5.76 Å². The van der Waals surface area contributed by atoms with Crippen LogP contribution in [-0.4, -0.2) is 11.1 Å². The molecule has 3 aromatic rings. The van der Waals surface area contributed by atoms with Crippen LogP contribution in [-0.2, 0) is 6.54 Å². The summed E-state index contributed by atoms with van der Waals surface area (Å²) in [5, 5.41) is 7.47. The maximum absolute atomic E-state index is 12.2. The third-order valence-corrected chi connectivity index (χ3v) is 4.13. The lowest BCUT2D eigenvalue weighted by atomic mass is 10.2. The molecule has 0 spiro atoms. The molecular weight excluding hydrogens is 274 g/mol. The van der Waals surface area contributed by atoms with E-state index in [0.29, 0.717) is 22.9 Å². The number of nitrogens with two attached hydrogens (primary N) is 1. The fraction of sp³-hybridized carbons (Fsp3) is 0.143. The van der Waals surface area contributed by atoms with E-state index in [1.165, 1.54) is 11.3 Å². The van der Waals surface area contributed by atoms with E-state index in [1.807, 2.05) is 31.2 Å². The first-order valence-corrected chi connectivity index (χ1v) is 6.94. The molecule has 6 heteroatoms. The van der Waals surface area contributed by atoms with Crippen molar-refractivity contribution in [2.24, 2.45) is 0 Å². The summed E-state index contributed by atoms with van der Waals surface area (Å²) in [4.78, 5) is 12.7. The average Bonchev–Trinajstić information content (AvgIpc) is 3.01. The van der Waals surface area contributed by atoms with Crippen LogP contribution in [0.5, 0.6) is 0 Å². The second kappa shape index (κ2) is 4.97. The third-order valence-electron chi connectivity index (χ3n) is 2.94. The van der Waals surface area contributed by atoms with E-state index in [4.69, 9.17) is 10.3 Å². The Morgan fingerprint density at radius 1 is 1.45 bits per heavy atom. The van der Waals surface area contributed by atoms with Crippen molar-refractivity contribution >= 4 is 33.0 Å². The number of nitrogens with zero attached hydrogens (tertiary/aromatic N) is 1. The van der Waals surface area contributed by atoms with Crippen molar-refractivity contribution in [3.05, 3.63) is 46.7 Å². The van der Waals surface area contributed by atoms with Gasteiger partial charge >= 0.3 is 0 Å². The molecule has 0 aliphatic rings. The first-order valence-electron chi connectivity index (χ1n) is 6.12. The van der Waals surface area contributed by atoms with E-state index in [2.05, 4.69) is 10.5 Å². The Morgan fingerprint density at radius 2 is 2.25 bits per heavy atom. The monoisotopic (exact) mass is 287 g/mol. The van der Waals surface area contributed by atoms with Crippen LogP contribution in [0.2, 0.25) is 0 Å². The fourth-order valence-corrected chi connectivity index (χ4v) is 3.02. The smallest absolute Gasteiger partial charge is 0.263 e. The zero-order chi connectivity index (χ0) is 14.1. The van der Waals surface area contributed by atoms with Gasteiger partial charge in [-0.05, 0) is 13.0 Å². The van der Waals surface area contributed by atoms with Gasteiger partial charge in [-0.15, -0.1) is 11.3 Å². The Bertz CT molecular complexity index is 776. The second-order valence-electron chi connectivity index (χ2n) is 4.46. The van der Waals surface area contributed by atoms with Crippen molar-refractivity contribution in [1.82, 2.24) is 10.5 Å². The highest BCUT2D eigenvalue weighted by Gasteiger charge is 2.16. The highest BCUT2D eigenvalue weighted by atomic mass is 32.1. The molecule has 102 valence electrons. The average molecular weight is 287 g/mol. The summed E-state index contributed by atoms with van der Waals surface area (Å²) in [6, 6.07) is 9.49. The first-order chi connectivity index (χ1) is 9.65. The van der Waals surface area contributed by atoms with Crippen LogP contribution in [0.15, 0.2) is 34.9 Å². The molecular formula is C14H13N3O2S. The van der Waals surface area contributed by atoms with Gasteiger partial charge in [0.05, 0.1) is 17.9 Å². The molecule has 3 N–H and O–H groups in total. The van der Waals surface area contributed by atoms with Crippen LogP contribution in [0.25, 0.3) is 10.1 Å². The lowest BCUT2D eigenvalue weighted by molar-refractivity contribution is 0.0952. The fourth-order valence-electron chi connectivity index (χ4n) is 1.98. The topological polar surface area (TPSA) is 81.2 Å². The number of nitrogens with one attached hydrogen (secondary N) is 1. The van der Waals surface area contributed by atoms with Gasteiger partial charge in [-0.2, -0.15) is 0 Å². The Balaban J connectivity index is 1.80. The van der Waals surface area contributed by atoms with Gasteiger partial charge in [0, 0.05) is 16.2 Å². The van der Waals surface area contributed by atoms with Crippen LogP contribution in [0, 0.1) is 6.92 Å². The quantitative estimate of drug-likeness (QED) is 0.776. The van der Waals surface area contributed by atoms with Crippen molar-refractivity contribution in [2.75, 3.05) is 5.73 Å². The molecule has 2 heterocycles. The summed E-state index contributed by atoms with van der Waals surface area (Å²) in [7, 11) is 0. The number of rotatable bonds is 3. The van der Waals surface area contributed by atoms with E-state index in [1.54, 1.807) is 6.07 Å². The number of fused-ring (bicyclic) bond motifs is 1. The molecule has 20 heavy (non-hydrogen) atoms. The maximum atomic E-state index is 12.2. The minimum absolute atomic E-state index is 0.197. The number of hydrogen-bond donors (Lipinski definition) is 2. The molecule has 0 saturated carbocycles. The van der Waals surface area contributed by atoms with Gasteiger partial charge in [-0.3, -0.25) is 4.79 Å². The molecule has 0 aliphatic carbocycles. The van der Waals surface area contributed by atoms with E-state index in [-0.39, 0.29) is 5.91 Å². The van der Waals surface area contributed by atoms with Gasteiger partial charge < -0.3 is 15.6 Å². The van der Waals surface area contributed by atoms with Gasteiger partial charge in [-0.25, -0.2) is 0 Å². The number of carbonyl (C=O) groups excluding carboxylic acids is 1. The molecule has 0 aliphatic heterocycles. The lowest BCUT2D eigenvalue weighted by Gasteiger charge is -2.01. The number of nitrogen functional groups attached to an aromatic ring is 1. The molecule has 0 unspecified atom stereocenters. The summed E-state index contributed by atoms with van der Waals surface area (Å²) in [5.41, 5.74) is 7.34. The number of amides is 1. The number of thiophene rings is 1. The Labute approximate surface area is 119 Å². The molecule has 0 radical (unpaired) electrons. The number of anilines is 1. The summed E-state index contributed by atoms with van der Waals surface area (Å²) in [6.07, 6.45) is 0. The second-order valence-corrected chi connectivity index (χ2v) is 5.51. The van der Waals surface area contributed by atoms with E-state index >= 15 is 0 Å². The number of benzene rings is 1. The van der Waals surface area contributed by atoms with E-state index in [0.717, 1.165) is 15.8 Å². The largest absolute Gasteiger partial charge is 0.397 e. The lowest BCUT2D eigenvalue weighted by Crippen LogP contribution is -2.22. The van der Waals surface area contributed by atoms with Crippen molar-refractivity contribution in [3.63, 3.8) is 0 Å².